The number of hydrogen-bond donors (Lipinski definition) is 2. The third kappa shape index (κ3) is 7.03. The van der Waals surface area contributed by atoms with Gasteiger partial charge in [-0.2, -0.15) is 13.5 Å². The first-order chi connectivity index (χ1) is 14.9. The van der Waals surface area contributed by atoms with Crippen LogP contribution < -0.4 is 15.1 Å². The number of carbonyl (C=O) groups is 2. The standard InChI is InChI=1S/C22H23F2N3O4S.H2S/c1-22(2,3)31-20(29)25-17(9-12-7-13(23)10-14(24)8-12)19(28)27(4)15-5-6-18-16(11-15)26-21(30)32-18;/h5-8,10-11,17H,9H2,1-4H3,(H,25,29)(H,26,30);1H2/t17-;/m0./s1. The summed E-state index contributed by atoms with van der Waals surface area (Å²) in [6.45, 7) is 5.02. The third-order valence-corrected chi connectivity index (χ3v) is 5.34. The summed E-state index contributed by atoms with van der Waals surface area (Å²) in [5.41, 5.74) is 0.437. The SMILES string of the molecule is CN(C(=O)[C@H](Cc1cc(F)cc(F)c1)NC(=O)OC(C)(C)C)c1ccc2sc(=O)[nH]c2c1.S. The lowest BCUT2D eigenvalue weighted by Crippen LogP contribution is -2.50. The highest BCUT2D eigenvalue weighted by Crippen LogP contribution is 2.23. The van der Waals surface area contributed by atoms with Crippen LogP contribution in [0.1, 0.15) is 26.3 Å². The van der Waals surface area contributed by atoms with Crippen LogP contribution in [0.5, 0.6) is 0 Å². The van der Waals surface area contributed by atoms with E-state index in [0.717, 1.165) is 34.2 Å². The summed E-state index contributed by atoms with van der Waals surface area (Å²) in [7, 11) is 1.50. The monoisotopic (exact) mass is 497 g/mol. The number of nitrogens with zero attached hydrogens (tertiary/aromatic N) is 1. The minimum atomic E-state index is -1.16. The van der Waals surface area contributed by atoms with Crippen molar-refractivity contribution in [2.45, 2.75) is 38.8 Å². The van der Waals surface area contributed by atoms with Crippen LogP contribution in [0.15, 0.2) is 41.2 Å². The Morgan fingerprint density at radius 1 is 1.15 bits per heavy atom. The average Bonchev–Trinajstić information content (AvgIpc) is 3.03. The first-order valence-corrected chi connectivity index (χ1v) is 10.6. The van der Waals surface area contributed by atoms with E-state index in [9.17, 15) is 23.2 Å². The van der Waals surface area contributed by atoms with Crippen LogP contribution >= 0.6 is 24.8 Å². The van der Waals surface area contributed by atoms with E-state index in [-0.39, 0.29) is 30.4 Å². The number of alkyl carbamates (subject to hydrolysis) is 1. The number of amides is 2. The van der Waals surface area contributed by atoms with Gasteiger partial charge in [-0.1, -0.05) is 11.3 Å². The van der Waals surface area contributed by atoms with E-state index in [1.165, 1.54) is 11.9 Å². The van der Waals surface area contributed by atoms with E-state index in [1.807, 2.05) is 0 Å². The van der Waals surface area contributed by atoms with Crippen molar-refractivity contribution in [3.63, 3.8) is 0 Å². The average molecular weight is 498 g/mol. The van der Waals surface area contributed by atoms with E-state index in [0.29, 0.717) is 11.2 Å². The predicted molar refractivity (Wildman–Crippen MR) is 129 cm³/mol. The second kappa shape index (κ2) is 10.3. The fourth-order valence-corrected chi connectivity index (χ4v) is 3.84. The largest absolute Gasteiger partial charge is 0.444 e. The van der Waals surface area contributed by atoms with Crippen molar-refractivity contribution in [2.24, 2.45) is 0 Å². The molecular formula is C22H25F2N3O4S2. The number of nitrogens with one attached hydrogen (secondary N) is 2. The van der Waals surface area contributed by atoms with Crippen LogP contribution in [0.4, 0.5) is 19.3 Å². The molecule has 0 spiro atoms. The highest BCUT2D eigenvalue weighted by molar-refractivity contribution is 7.59. The van der Waals surface area contributed by atoms with Gasteiger partial charge in [0.1, 0.15) is 23.3 Å². The molecule has 7 nitrogen and oxygen atoms in total. The number of hydrogen-bond acceptors (Lipinski definition) is 5. The molecule has 0 bridgehead atoms. The van der Waals surface area contributed by atoms with Gasteiger partial charge >= 0.3 is 11.0 Å². The maximum atomic E-state index is 13.7. The fourth-order valence-electron chi connectivity index (χ4n) is 3.12. The van der Waals surface area contributed by atoms with Crippen LogP contribution in [0.2, 0.25) is 0 Å². The molecule has 3 rings (SSSR count). The summed E-state index contributed by atoms with van der Waals surface area (Å²) in [4.78, 5) is 40.9. The molecule has 0 aliphatic rings. The van der Waals surface area contributed by atoms with Gasteiger partial charge in [-0.25, -0.2) is 13.6 Å². The highest BCUT2D eigenvalue weighted by Gasteiger charge is 2.28. The molecule has 1 heterocycles. The number of halogens is 2. The summed E-state index contributed by atoms with van der Waals surface area (Å²) >= 11 is 1.05. The Kier molecular flexibility index (Phi) is 8.25. The second-order valence-electron chi connectivity index (χ2n) is 8.27. The molecule has 0 radical (unpaired) electrons. The van der Waals surface area contributed by atoms with Crippen LogP contribution in [0.25, 0.3) is 10.2 Å². The van der Waals surface area contributed by atoms with E-state index in [2.05, 4.69) is 10.3 Å². The summed E-state index contributed by atoms with van der Waals surface area (Å²) in [5.74, 6) is -2.11. The molecule has 0 saturated carbocycles. The number of thiazole rings is 1. The number of anilines is 1. The van der Waals surface area contributed by atoms with Gasteiger partial charge in [-0.15, -0.1) is 0 Å². The lowest BCUT2D eigenvalue weighted by Gasteiger charge is -2.27. The van der Waals surface area contributed by atoms with Gasteiger partial charge in [-0.3, -0.25) is 9.59 Å². The van der Waals surface area contributed by atoms with Gasteiger partial charge in [0.15, 0.2) is 0 Å². The Hall–Kier alpha value is -2.92. The van der Waals surface area contributed by atoms with Crippen molar-refractivity contribution in [3.05, 3.63) is 63.3 Å². The zero-order valence-electron chi connectivity index (χ0n) is 18.5. The Morgan fingerprint density at radius 3 is 2.39 bits per heavy atom. The number of benzene rings is 2. The van der Waals surface area contributed by atoms with Gasteiger partial charge in [0.05, 0.1) is 10.2 Å². The van der Waals surface area contributed by atoms with Gasteiger partial charge in [0, 0.05) is 25.2 Å². The minimum absolute atomic E-state index is 0. The lowest BCUT2D eigenvalue weighted by molar-refractivity contribution is -0.120. The lowest BCUT2D eigenvalue weighted by atomic mass is 10.0. The molecule has 0 aliphatic carbocycles. The normalized spacial score (nSPS) is 12.1. The van der Waals surface area contributed by atoms with Crippen LogP contribution in [-0.2, 0) is 16.0 Å². The predicted octanol–water partition coefficient (Wildman–Crippen LogP) is 4.08. The zero-order valence-corrected chi connectivity index (χ0v) is 20.3. The highest BCUT2D eigenvalue weighted by atomic mass is 32.1. The van der Waals surface area contributed by atoms with Crippen molar-refractivity contribution in [1.82, 2.24) is 10.3 Å². The number of fused-ring (bicyclic) bond motifs is 1. The van der Waals surface area contributed by atoms with Crippen LogP contribution in [0.3, 0.4) is 0 Å². The molecule has 2 N–H and O–H groups in total. The number of rotatable bonds is 5. The first kappa shape index (κ1) is 26.3. The van der Waals surface area contributed by atoms with Gasteiger partial charge in [-0.05, 0) is 56.7 Å². The van der Waals surface area contributed by atoms with Gasteiger partial charge in [0.25, 0.3) is 0 Å². The smallest absolute Gasteiger partial charge is 0.408 e. The van der Waals surface area contributed by atoms with E-state index in [4.69, 9.17) is 4.74 Å². The first-order valence-electron chi connectivity index (χ1n) is 9.76. The van der Waals surface area contributed by atoms with Gasteiger partial charge in [0.2, 0.25) is 5.91 Å². The van der Waals surface area contributed by atoms with Crippen molar-refractivity contribution in [2.75, 3.05) is 11.9 Å². The molecule has 1 atom stereocenters. The number of aromatic amines is 1. The molecule has 2 aromatic carbocycles. The van der Waals surface area contributed by atoms with Crippen molar-refractivity contribution >= 4 is 52.7 Å². The molecule has 0 unspecified atom stereocenters. The maximum Gasteiger partial charge on any atom is 0.408 e. The van der Waals surface area contributed by atoms with Crippen molar-refractivity contribution in [1.29, 1.82) is 0 Å². The number of likely N-dealkylation sites (N-methyl/N-ethyl adjacent to an activating group) is 1. The summed E-state index contributed by atoms with van der Waals surface area (Å²) in [5, 5.41) is 2.50. The molecule has 11 heteroatoms. The van der Waals surface area contributed by atoms with Crippen molar-refractivity contribution in [3.8, 4) is 0 Å². The number of H-pyrrole nitrogens is 1. The molecule has 3 aromatic rings. The molecular weight excluding hydrogens is 472 g/mol. The Bertz CT molecular complexity index is 1200. The quantitative estimate of drug-likeness (QED) is 0.556. The Balaban J connectivity index is 0.00000385. The van der Waals surface area contributed by atoms with Crippen LogP contribution in [-0.4, -0.2) is 35.7 Å². The third-order valence-electron chi connectivity index (χ3n) is 4.47. The van der Waals surface area contributed by atoms with E-state index >= 15 is 0 Å². The molecule has 2 amide bonds. The molecule has 33 heavy (non-hydrogen) atoms. The van der Waals surface area contributed by atoms with E-state index < -0.39 is 35.3 Å². The number of ether oxygens (including phenoxy) is 1. The summed E-state index contributed by atoms with van der Waals surface area (Å²) < 4.78 is 33.3. The summed E-state index contributed by atoms with van der Waals surface area (Å²) in [6.07, 6.45) is -0.993. The summed E-state index contributed by atoms with van der Waals surface area (Å²) in [6, 6.07) is 6.77. The number of aromatic nitrogens is 1. The molecule has 1 aromatic heterocycles. The Morgan fingerprint density at radius 2 is 1.79 bits per heavy atom. The molecule has 0 fully saturated rings. The maximum absolute atomic E-state index is 13.7. The molecule has 0 saturated heterocycles. The second-order valence-corrected chi connectivity index (χ2v) is 9.29. The fraction of sp³-hybridized carbons (Fsp3) is 0.318. The van der Waals surface area contributed by atoms with Crippen LogP contribution in [0, 0.1) is 11.6 Å². The number of carbonyl (C=O) groups excluding carboxylic acids is 2. The van der Waals surface area contributed by atoms with E-state index in [1.54, 1.807) is 39.0 Å². The molecule has 0 aliphatic heterocycles. The molecule has 178 valence electrons. The topological polar surface area (TPSA) is 91.5 Å². The minimum Gasteiger partial charge on any atom is -0.444 e. The van der Waals surface area contributed by atoms with Crippen molar-refractivity contribution < 1.29 is 23.1 Å². The Labute approximate surface area is 200 Å². The zero-order chi connectivity index (χ0) is 23.6. The van der Waals surface area contributed by atoms with Gasteiger partial charge < -0.3 is 19.9 Å².